The Hall–Kier alpha value is -7.94. The number of hydrogen-bond acceptors (Lipinski definition) is 2. The first kappa shape index (κ1) is 33.1. The molecule has 0 N–H and O–H groups in total. The summed E-state index contributed by atoms with van der Waals surface area (Å²) in [4.78, 5) is 10.1. The Kier molecular flexibility index (Phi) is 7.05. The zero-order valence-electron chi connectivity index (χ0n) is 32.5. The van der Waals surface area contributed by atoms with E-state index < -0.39 is 0 Å². The van der Waals surface area contributed by atoms with Crippen molar-refractivity contribution < 1.29 is 0 Å². The molecule has 0 aliphatic rings. The van der Waals surface area contributed by atoms with E-state index in [2.05, 4.69) is 194 Å². The van der Waals surface area contributed by atoms with Gasteiger partial charge in [-0.15, -0.1) is 0 Å². The largest absolute Gasteiger partial charge is 0.254 e. The van der Waals surface area contributed by atoms with Crippen LogP contribution >= 0.6 is 0 Å². The molecule has 0 fully saturated rings. The highest BCUT2D eigenvalue weighted by Gasteiger charge is 2.19. The molecular formula is C58H34N2. The molecule has 2 nitrogen and oxygen atoms in total. The van der Waals surface area contributed by atoms with E-state index in [0.717, 1.165) is 33.1 Å². The predicted octanol–water partition coefficient (Wildman–Crippen LogP) is 15.9. The average Bonchev–Trinajstić information content (AvgIpc) is 3.32. The molecule has 2 heterocycles. The molecule has 11 aromatic carbocycles. The molecule has 0 bridgehead atoms. The SMILES string of the molecule is c1cnc2c(c1)ccc1ccc(-c3c4ccccc4c(-c4ccc(-c5cc6ccc7cccc8c9ccccc9c9ccccc9c(c5)c6c78)cc4)c4ccccc34)nc12. The summed E-state index contributed by atoms with van der Waals surface area (Å²) in [5, 5.41) is 19.7. The zero-order valence-corrected chi connectivity index (χ0v) is 32.5. The van der Waals surface area contributed by atoms with Gasteiger partial charge in [0.25, 0.3) is 0 Å². The highest BCUT2D eigenvalue weighted by Crippen LogP contribution is 2.45. The van der Waals surface area contributed by atoms with Gasteiger partial charge in [-0.3, -0.25) is 4.98 Å². The molecule has 2 heteroatoms. The van der Waals surface area contributed by atoms with E-state index in [4.69, 9.17) is 9.97 Å². The molecule has 0 radical (unpaired) electrons. The molecular weight excluding hydrogens is 725 g/mol. The predicted molar refractivity (Wildman–Crippen MR) is 256 cm³/mol. The molecule has 13 rings (SSSR count). The molecule has 0 amide bonds. The van der Waals surface area contributed by atoms with Crippen LogP contribution in [0.3, 0.4) is 0 Å². The number of fused-ring (bicyclic) bond motifs is 10. The van der Waals surface area contributed by atoms with Crippen LogP contribution in [0.25, 0.3) is 131 Å². The van der Waals surface area contributed by atoms with Crippen molar-refractivity contribution in [3.8, 4) is 33.5 Å². The Morgan fingerprint density at radius 3 is 1.43 bits per heavy atom. The van der Waals surface area contributed by atoms with E-state index >= 15 is 0 Å². The van der Waals surface area contributed by atoms with Crippen LogP contribution in [0.2, 0.25) is 0 Å². The maximum absolute atomic E-state index is 5.35. The Morgan fingerprint density at radius 2 is 0.750 bits per heavy atom. The maximum atomic E-state index is 5.35. The van der Waals surface area contributed by atoms with Gasteiger partial charge in [-0.2, -0.15) is 0 Å². The second-order valence-electron chi connectivity index (χ2n) is 16.0. The van der Waals surface area contributed by atoms with Gasteiger partial charge in [0.1, 0.15) is 0 Å². The van der Waals surface area contributed by atoms with Crippen molar-refractivity contribution in [2.75, 3.05) is 0 Å². The minimum atomic E-state index is 0.925. The lowest BCUT2D eigenvalue weighted by atomic mass is 9.86. The van der Waals surface area contributed by atoms with E-state index in [1.54, 1.807) is 0 Å². The topological polar surface area (TPSA) is 25.8 Å². The molecule has 60 heavy (non-hydrogen) atoms. The fourth-order valence-corrected chi connectivity index (χ4v) is 10.2. The fraction of sp³-hybridized carbons (Fsp3) is 0. The standard InChI is InChI=1S/C58H34N2/c1-3-15-44-42(13-1)43-14-2-4-16-45(43)51-34-41(33-40-29-26-36-11-9-21-46(44)54(36)55(40)51)35-22-24-37(25-23-35)53-47-17-5-7-19-49(47)56(50-20-8-6-18-48(50)53)52-31-30-39-28-27-38-12-10-32-59-57(38)58(39)60-52/h1-34H. The van der Waals surface area contributed by atoms with Crippen LogP contribution in [0, 0.1) is 0 Å². The highest BCUT2D eigenvalue weighted by molar-refractivity contribution is 6.33. The summed E-state index contributed by atoms with van der Waals surface area (Å²) in [7, 11) is 0. The second-order valence-corrected chi connectivity index (χ2v) is 16.0. The van der Waals surface area contributed by atoms with Crippen molar-refractivity contribution in [2.24, 2.45) is 0 Å². The van der Waals surface area contributed by atoms with E-state index in [-0.39, 0.29) is 0 Å². The van der Waals surface area contributed by atoms with Crippen molar-refractivity contribution in [3.63, 3.8) is 0 Å². The Labute approximate surface area is 345 Å². The number of rotatable bonds is 3. The first-order valence-corrected chi connectivity index (χ1v) is 20.6. The van der Waals surface area contributed by atoms with Crippen molar-refractivity contribution in [1.82, 2.24) is 9.97 Å². The third kappa shape index (κ3) is 4.82. The smallest absolute Gasteiger partial charge is 0.0972 e. The van der Waals surface area contributed by atoms with Gasteiger partial charge in [-0.1, -0.05) is 176 Å². The van der Waals surface area contributed by atoms with Crippen LogP contribution in [0.4, 0.5) is 0 Å². The third-order valence-electron chi connectivity index (χ3n) is 12.8. The van der Waals surface area contributed by atoms with Crippen molar-refractivity contribution in [3.05, 3.63) is 206 Å². The van der Waals surface area contributed by atoms with Crippen LogP contribution in [0.15, 0.2) is 206 Å². The third-order valence-corrected chi connectivity index (χ3v) is 12.8. The number of hydrogen-bond donors (Lipinski definition) is 0. The molecule has 276 valence electrons. The summed E-state index contributed by atoms with van der Waals surface area (Å²) in [5.41, 5.74) is 8.77. The lowest BCUT2D eigenvalue weighted by Crippen LogP contribution is -1.93. The molecule has 0 aliphatic heterocycles. The van der Waals surface area contributed by atoms with Gasteiger partial charge < -0.3 is 0 Å². The van der Waals surface area contributed by atoms with Gasteiger partial charge in [0, 0.05) is 22.5 Å². The van der Waals surface area contributed by atoms with Crippen LogP contribution in [0.1, 0.15) is 0 Å². The monoisotopic (exact) mass is 758 g/mol. The molecule has 0 unspecified atom stereocenters. The summed E-state index contributed by atoms with van der Waals surface area (Å²) in [6.45, 7) is 0. The van der Waals surface area contributed by atoms with Crippen LogP contribution in [0.5, 0.6) is 0 Å². The Morgan fingerprint density at radius 1 is 0.267 bits per heavy atom. The fourth-order valence-electron chi connectivity index (χ4n) is 10.2. The average molecular weight is 759 g/mol. The molecule has 0 aliphatic carbocycles. The van der Waals surface area contributed by atoms with Crippen LogP contribution in [-0.2, 0) is 0 Å². The number of pyridine rings is 2. The Balaban J connectivity index is 1.02. The summed E-state index contributed by atoms with van der Waals surface area (Å²) in [6.07, 6.45) is 1.86. The Bertz CT molecular complexity index is 3880. The zero-order chi connectivity index (χ0) is 39.3. The van der Waals surface area contributed by atoms with Gasteiger partial charge in [-0.05, 0) is 122 Å². The minimum absolute atomic E-state index is 0.925. The van der Waals surface area contributed by atoms with Crippen molar-refractivity contribution >= 4 is 97.2 Å². The van der Waals surface area contributed by atoms with E-state index in [1.165, 1.54) is 97.7 Å². The van der Waals surface area contributed by atoms with E-state index in [1.807, 2.05) is 12.3 Å². The lowest BCUT2D eigenvalue weighted by Gasteiger charge is -2.18. The lowest BCUT2D eigenvalue weighted by molar-refractivity contribution is 1.38. The first-order valence-electron chi connectivity index (χ1n) is 20.6. The quantitative estimate of drug-likeness (QED) is 0.132. The van der Waals surface area contributed by atoms with Crippen molar-refractivity contribution in [1.29, 1.82) is 0 Å². The number of aromatic nitrogens is 2. The minimum Gasteiger partial charge on any atom is -0.254 e. The van der Waals surface area contributed by atoms with Crippen molar-refractivity contribution in [2.45, 2.75) is 0 Å². The van der Waals surface area contributed by atoms with E-state index in [9.17, 15) is 0 Å². The second kappa shape index (κ2) is 12.8. The number of nitrogens with zero attached hydrogens (tertiary/aromatic N) is 2. The summed E-state index contributed by atoms with van der Waals surface area (Å²) in [6, 6.07) is 73.5. The van der Waals surface area contributed by atoms with Gasteiger partial charge >= 0.3 is 0 Å². The maximum Gasteiger partial charge on any atom is 0.0972 e. The molecule has 0 atom stereocenters. The highest BCUT2D eigenvalue weighted by atomic mass is 14.8. The number of benzene rings is 10. The normalized spacial score (nSPS) is 12.0. The molecule has 13 aromatic rings. The molecule has 0 saturated carbocycles. The van der Waals surface area contributed by atoms with E-state index in [0.29, 0.717) is 0 Å². The summed E-state index contributed by atoms with van der Waals surface area (Å²) < 4.78 is 0. The van der Waals surface area contributed by atoms with Crippen LogP contribution < -0.4 is 0 Å². The summed E-state index contributed by atoms with van der Waals surface area (Å²) in [5.74, 6) is 0. The van der Waals surface area contributed by atoms with Crippen LogP contribution in [-0.4, -0.2) is 9.97 Å². The molecule has 0 saturated heterocycles. The first-order chi connectivity index (χ1) is 29.8. The molecule has 0 spiro atoms. The van der Waals surface area contributed by atoms with Gasteiger partial charge in [0.05, 0.1) is 16.7 Å². The summed E-state index contributed by atoms with van der Waals surface area (Å²) >= 11 is 0. The van der Waals surface area contributed by atoms with Gasteiger partial charge in [0.2, 0.25) is 0 Å². The molecule has 2 aromatic heterocycles. The van der Waals surface area contributed by atoms with Gasteiger partial charge in [-0.25, -0.2) is 4.98 Å². The van der Waals surface area contributed by atoms with Gasteiger partial charge in [0.15, 0.2) is 0 Å².